The summed E-state index contributed by atoms with van der Waals surface area (Å²) in [4.78, 5) is 17.6. The number of piperidine rings is 2. The monoisotopic (exact) mass is 531 g/mol. The van der Waals surface area contributed by atoms with Crippen LogP contribution in [0.3, 0.4) is 0 Å². The van der Waals surface area contributed by atoms with E-state index >= 15 is 0 Å². The summed E-state index contributed by atoms with van der Waals surface area (Å²) in [6.07, 6.45) is 18.0. The number of hydrogen-bond donors (Lipinski definition) is 2. The summed E-state index contributed by atoms with van der Waals surface area (Å²) in [5, 5.41) is 14.4. The van der Waals surface area contributed by atoms with Gasteiger partial charge in [0, 0.05) is 59.5 Å². The van der Waals surface area contributed by atoms with Crippen molar-refractivity contribution in [1.82, 2.24) is 24.8 Å². The first-order valence-corrected chi connectivity index (χ1v) is 14.5. The molecule has 2 saturated heterocycles. The van der Waals surface area contributed by atoms with Crippen LogP contribution in [0.2, 0.25) is 0 Å². The molecule has 4 aromatic rings. The Bertz CT molecular complexity index is 1510. The van der Waals surface area contributed by atoms with Crippen molar-refractivity contribution in [3.8, 4) is 6.07 Å². The second kappa shape index (κ2) is 12.0. The highest BCUT2D eigenvalue weighted by Gasteiger charge is 2.25. The maximum Gasteiger partial charge on any atom is 0.103 e. The molecule has 2 aliphatic rings. The smallest absolute Gasteiger partial charge is 0.103 e. The van der Waals surface area contributed by atoms with Crippen LogP contribution in [-0.4, -0.2) is 57.0 Å². The van der Waals surface area contributed by atoms with E-state index in [1.807, 2.05) is 30.6 Å². The molecule has 204 valence electrons. The van der Waals surface area contributed by atoms with Gasteiger partial charge in [0.2, 0.25) is 0 Å². The molecule has 0 spiro atoms. The number of likely N-dealkylation sites (tertiary alicyclic amines) is 2. The fourth-order valence-corrected chi connectivity index (χ4v) is 6.17. The second-order valence-corrected chi connectivity index (χ2v) is 11.1. The Morgan fingerprint density at radius 1 is 1.00 bits per heavy atom. The number of anilines is 2. The molecule has 7 heteroatoms. The molecule has 0 atom stereocenters. The van der Waals surface area contributed by atoms with Gasteiger partial charge >= 0.3 is 0 Å². The molecule has 0 aliphatic carbocycles. The number of aryl methyl sites for hydroxylation is 1. The Morgan fingerprint density at radius 2 is 1.85 bits per heavy atom. The van der Waals surface area contributed by atoms with E-state index in [2.05, 4.69) is 62.3 Å². The van der Waals surface area contributed by atoms with Gasteiger partial charge in [-0.15, -0.1) is 0 Å². The fraction of sp³-hybridized carbons (Fsp3) is 0.364. The molecular formula is C33H37N7. The lowest BCUT2D eigenvalue weighted by atomic mass is 9.99. The van der Waals surface area contributed by atoms with E-state index in [0.717, 1.165) is 64.8 Å². The van der Waals surface area contributed by atoms with Crippen molar-refractivity contribution in [1.29, 1.82) is 5.26 Å². The van der Waals surface area contributed by atoms with E-state index in [0.29, 0.717) is 5.56 Å². The average molecular weight is 532 g/mol. The van der Waals surface area contributed by atoms with Gasteiger partial charge < -0.3 is 15.2 Å². The Labute approximate surface area is 236 Å². The van der Waals surface area contributed by atoms with Crippen LogP contribution in [0, 0.1) is 18.3 Å². The van der Waals surface area contributed by atoms with Crippen LogP contribution in [0.4, 0.5) is 11.4 Å². The van der Waals surface area contributed by atoms with E-state index in [4.69, 9.17) is 4.98 Å². The van der Waals surface area contributed by atoms with E-state index in [-0.39, 0.29) is 0 Å². The largest absolute Gasteiger partial charge is 0.361 e. The Balaban J connectivity index is 1.11. The van der Waals surface area contributed by atoms with Crippen molar-refractivity contribution in [2.45, 2.75) is 51.6 Å². The lowest BCUT2D eigenvalue weighted by Crippen LogP contribution is -2.46. The normalized spacial score (nSPS) is 17.4. The molecule has 2 aliphatic heterocycles. The van der Waals surface area contributed by atoms with E-state index in [9.17, 15) is 5.26 Å². The Kier molecular flexibility index (Phi) is 7.90. The lowest BCUT2D eigenvalue weighted by Gasteiger charge is -2.40. The molecule has 7 nitrogen and oxygen atoms in total. The number of fused-ring (bicyclic) bond motifs is 1. The van der Waals surface area contributed by atoms with Gasteiger partial charge in [-0.05, 0) is 106 Å². The van der Waals surface area contributed by atoms with Crippen molar-refractivity contribution in [2.24, 2.45) is 0 Å². The first-order valence-electron chi connectivity index (χ1n) is 14.5. The number of H-pyrrole nitrogens is 1. The zero-order valence-corrected chi connectivity index (χ0v) is 23.2. The highest BCUT2D eigenvalue weighted by molar-refractivity contribution is 5.90. The molecule has 0 amide bonds. The van der Waals surface area contributed by atoms with Gasteiger partial charge in [0.15, 0.2) is 0 Å². The standard InChI is InChI=1S/C33H37N7/c1-24-30-11-14-36-32(30)10-9-31(24)38-33-26(21-35-22-27(33)19-34)6-8-28-7-5-25(20-37-28)23-39-17-12-29(13-18-39)40-15-3-2-4-16-40/h5-11,14,20-22,29,36H,2-4,12-13,15-18,23H2,1H3,(H,35,38)/b8-6+. The first-order chi connectivity index (χ1) is 19.7. The third-order valence-electron chi connectivity index (χ3n) is 8.51. The van der Waals surface area contributed by atoms with E-state index in [1.54, 1.807) is 12.4 Å². The predicted molar refractivity (Wildman–Crippen MR) is 162 cm³/mol. The zero-order chi connectivity index (χ0) is 27.3. The molecule has 5 heterocycles. The third kappa shape index (κ3) is 5.79. The van der Waals surface area contributed by atoms with Crippen LogP contribution in [-0.2, 0) is 6.54 Å². The number of pyridine rings is 2. The van der Waals surface area contributed by atoms with Crippen LogP contribution >= 0.6 is 0 Å². The van der Waals surface area contributed by atoms with Gasteiger partial charge in [0.05, 0.1) is 16.9 Å². The lowest BCUT2D eigenvalue weighted by molar-refractivity contribution is 0.0896. The highest BCUT2D eigenvalue weighted by atomic mass is 15.2. The topological polar surface area (TPSA) is 83.9 Å². The van der Waals surface area contributed by atoms with Gasteiger partial charge in [0.25, 0.3) is 0 Å². The number of nitrogens with one attached hydrogen (secondary N) is 2. The quantitative estimate of drug-likeness (QED) is 0.283. The minimum Gasteiger partial charge on any atom is -0.361 e. The zero-order valence-electron chi connectivity index (χ0n) is 23.2. The molecule has 1 aromatic carbocycles. The van der Waals surface area contributed by atoms with Gasteiger partial charge in [-0.2, -0.15) is 5.26 Å². The third-order valence-corrected chi connectivity index (χ3v) is 8.51. The van der Waals surface area contributed by atoms with Crippen molar-refractivity contribution in [2.75, 3.05) is 31.5 Å². The van der Waals surface area contributed by atoms with Gasteiger partial charge in [-0.3, -0.25) is 14.9 Å². The van der Waals surface area contributed by atoms with Crippen molar-refractivity contribution < 1.29 is 0 Å². The van der Waals surface area contributed by atoms with E-state index in [1.165, 1.54) is 50.8 Å². The molecule has 0 unspecified atom stereocenters. The summed E-state index contributed by atoms with van der Waals surface area (Å²) in [5.41, 5.74) is 7.41. The molecule has 40 heavy (non-hydrogen) atoms. The second-order valence-electron chi connectivity index (χ2n) is 11.1. The average Bonchev–Trinajstić information content (AvgIpc) is 3.49. The highest BCUT2D eigenvalue weighted by Crippen LogP contribution is 2.31. The molecule has 2 fully saturated rings. The number of rotatable bonds is 7. The van der Waals surface area contributed by atoms with Crippen LogP contribution < -0.4 is 5.32 Å². The maximum absolute atomic E-state index is 9.78. The summed E-state index contributed by atoms with van der Waals surface area (Å²) in [6.45, 7) is 7.96. The molecule has 0 saturated carbocycles. The van der Waals surface area contributed by atoms with Gasteiger partial charge in [0.1, 0.15) is 6.07 Å². The Hall–Kier alpha value is -3.99. The summed E-state index contributed by atoms with van der Waals surface area (Å²) in [7, 11) is 0. The van der Waals surface area contributed by atoms with Crippen molar-refractivity contribution in [3.63, 3.8) is 0 Å². The van der Waals surface area contributed by atoms with Crippen LogP contribution in [0.5, 0.6) is 0 Å². The minimum absolute atomic E-state index is 0.503. The molecule has 0 bridgehead atoms. The number of benzene rings is 1. The number of nitriles is 1. The minimum atomic E-state index is 0.503. The van der Waals surface area contributed by atoms with Crippen molar-refractivity contribution in [3.05, 3.63) is 83.1 Å². The number of aromatic nitrogens is 3. The summed E-state index contributed by atoms with van der Waals surface area (Å²) in [5.74, 6) is 0. The van der Waals surface area contributed by atoms with E-state index < -0.39 is 0 Å². The van der Waals surface area contributed by atoms with Gasteiger partial charge in [-0.1, -0.05) is 12.5 Å². The molecule has 6 rings (SSSR count). The first kappa shape index (κ1) is 26.2. The number of hydrogen-bond acceptors (Lipinski definition) is 6. The summed E-state index contributed by atoms with van der Waals surface area (Å²) >= 11 is 0. The summed E-state index contributed by atoms with van der Waals surface area (Å²) in [6, 6.07) is 13.5. The van der Waals surface area contributed by atoms with Gasteiger partial charge in [-0.25, -0.2) is 0 Å². The summed E-state index contributed by atoms with van der Waals surface area (Å²) < 4.78 is 0. The predicted octanol–water partition coefficient (Wildman–Crippen LogP) is 6.50. The Morgan fingerprint density at radius 3 is 2.62 bits per heavy atom. The fourth-order valence-electron chi connectivity index (χ4n) is 6.17. The SMILES string of the molecule is Cc1c(Nc2c(C#N)cncc2/C=C/c2ccc(CN3CCC(N4CCCCC4)CC3)cn2)ccc2[nH]ccc12. The number of nitrogens with zero attached hydrogens (tertiary/aromatic N) is 5. The molecule has 2 N–H and O–H groups in total. The maximum atomic E-state index is 9.78. The number of aromatic amines is 1. The van der Waals surface area contributed by atoms with Crippen LogP contribution in [0.1, 0.15) is 60.1 Å². The molecule has 0 radical (unpaired) electrons. The van der Waals surface area contributed by atoms with Crippen LogP contribution in [0.25, 0.3) is 23.1 Å². The molecule has 3 aromatic heterocycles. The van der Waals surface area contributed by atoms with Crippen LogP contribution in [0.15, 0.2) is 55.1 Å². The molecular weight excluding hydrogens is 494 g/mol. The van der Waals surface area contributed by atoms with Crippen molar-refractivity contribution >= 4 is 34.4 Å².